The molecule has 4 rings (SSSR count). The molecular weight excluding hydrogens is 480 g/mol. The van der Waals surface area contributed by atoms with Crippen molar-refractivity contribution in [3.63, 3.8) is 0 Å². The average Bonchev–Trinajstić information content (AvgIpc) is 3.17. The molecule has 7 heteroatoms. The maximum atomic E-state index is 13.3. The first-order valence-corrected chi connectivity index (χ1v) is 12.0. The molecule has 4 nitrogen and oxygen atoms in total. The van der Waals surface area contributed by atoms with E-state index in [1.54, 1.807) is 9.80 Å². The quantitative estimate of drug-likeness (QED) is 0.392. The van der Waals surface area contributed by atoms with Gasteiger partial charge in [0.05, 0.1) is 16.2 Å². The number of carbonyl (C=O) groups excluding carboxylic acids is 2. The fourth-order valence-corrected chi connectivity index (χ4v) is 5.43. The Morgan fingerprint density at radius 1 is 1.00 bits per heavy atom. The number of benzene rings is 2. The molecule has 2 amide bonds. The molecule has 154 valence electrons. The first kappa shape index (κ1) is 21.3. The maximum absolute atomic E-state index is 13.3. The van der Waals surface area contributed by atoms with Gasteiger partial charge in [-0.2, -0.15) is 0 Å². The SMILES string of the molecule is CCCCN1C(=O)/C(=C2\SC(=S)N(CCc3ccccc3)C2=O)c2cc(Br)ccc21. The summed E-state index contributed by atoms with van der Waals surface area (Å²) in [6, 6.07) is 15.8. The Morgan fingerprint density at radius 2 is 1.77 bits per heavy atom. The van der Waals surface area contributed by atoms with E-state index in [2.05, 4.69) is 22.9 Å². The van der Waals surface area contributed by atoms with Crippen molar-refractivity contribution in [3.05, 3.63) is 69.0 Å². The first-order chi connectivity index (χ1) is 14.5. The Bertz CT molecular complexity index is 1050. The zero-order valence-corrected chi connectivity index (χ0v) is 19.8. The average molecular weight is 501 g/mol. The molecule has 0 saturated carbocycles. The van der Waals surface area contributed by atoms with E-state index >= 15 is 0 Å². The Hall–Kier alpha value is -1.96. The summed E-state index contributed by atoms with van der Waals surface area (Å²) in [5.74, 6) is -0.285. The number of thiocarbonyl (C=S) groups is 1. The van der Waals surface area contributed by atoms with Gasteiger partial charge in [-0.3, -0.25) is 14.5 Å². The van der Waals surface area contributed by atoms with E-state index in [-0.39, 0.29) is 11.8 Å². The van der Waals surface area contributed by atoms with Crippen LogP contribution in [0.2, 0.25) is 0 Å². The highest BCUT2D eigenvalue weighted by molar-refractivity contribution is 9.10. The zero-order chi connectivity index (χ0) is 21.3. The molecule has 0 bridgehead atoms. The van der Waals surface area contributed by atoms with Crippen LogP contribution in [0.15, 0.2) is 57.9 Å². The number of halogens is 1. The minimum absolute atomic E-state index is 0.111. The second kappa shape index (κ2) is 9.04. The Labute approximate surface area is 194 Å². The molecule has 2 aromatic carbocycles. The van der Waals surface area contributed by atoms with E-state index in [1.165, 1.54) is 11.8 Å². The first-order valence-electron chi connectivity index (χ1n) is 9.95. The molecule has 0 radical (unpaired) electrons. The number of hydrogen-bond donors (Lipinski definition) is 0. The minimum Gasteiger partial charge on any atom is -0.308 e. The van der Waals surface area contributed by atoms with E-state index in [0.29, 0.717) is 34.3 Å². The molecule has 0 atom stereocenters. The summed E-state index contributed by atoms with van der Waals surface area (Å²) in [7, 11) is 0. The Morgan fingerprint density at radius 3 is 2.50 bits per heavy atom. The lowest BCUT2D eigenvalue weighted by atomic mass is 10.1. The molecular formula is C23H21BrN2O2S2. The van der Waals surface area contributed by atoms with Crippen molar-refractivity contribution in [1.29, 1.82) is 0 Å². The van der Waals surface area contributed by atoms with Crippen molar-refractivity contribution < 1.29 is 9.59 Å². The number of rotatable bonds is 6. The highest BCUT2D eigenvalue weighted by atomic mass is 79.9. The third kappa shape index (κ3) is 3.98. The highest BCUT2D eigenvalue weighted by Crippen LogP contribution is 2.45. The van der Waals surface area contributed by atoms with E-state index in [1.807, 2.05) is 48.5 Å². The van der Waals surface area contributed by atoms with Crippen LogP contribution in [0.5, 0.6) is 0 Å². The second-order valence-corrected chi connectivity index (χ2v) is 9.80. The Kier molecular flexibility index (Phi) is 6.41. The van der Waals surface area contributed by atoms with Gasteiger partial charge < -0.3 is 4.90 Å². The predicted octanol–water partition coefficient (Wildman–Crippen LogP) is 5.41. The highest BCUT2D eigenvalue weighted by Gasteiger charge is 2.41. The number of hydrogen-bond acceptors (Lipinski definition) is 4. The third-order valence-corrected chi connectivity index (χ3v) is 7.20. The molecule has 1 saturated heterocycles. The van der Waals surface area contributed by atoms with Crippen LogP contribution in [0.4, 0.5) is 5.69 Å². The van der Waals surface area contributed by atoms with Crippen LogP contribution >= 0.6 is 39.9 Å². The molecule has 1 fully saturated rings. The molecule has 2 heterocycles. The van der Waals surface area contributed by atoms with Gasteiger partial charge in [-0.05, 0) is 36.6 Å². The van der Waals surface area contributed by atoms with Crippen molar-refractivity contribution >= 4 is 67.3 Å². The van der Waals surface area contributed by atoms with Crippen molar-refractivity contribution in [2.24, 2.45) is 0 Å². The summed E-state index contributed by atoms with van der Waals surface area (Å²) in [5, 5.41) is 0. The summed E-state index contributed by atoms with van der Waals surface area (Å²) in [5.41, 5.74) is 3.29. The molecule has 30 heavy (non-hydrogen) atoms. The number of anilines is 1. The normalized spacial score (nSPS) is 18.5. The summed E-state index contributed by atoms with van der Waals surface area (Å²) in [6.45, 7) is 3.24. The lowest BCUT2D eigenvalue weighted by Crippen LogP contribution is -2.31. The van der Waals surface area contributed by atoms with E-state index in [0.717, 1.165) is 34.1 Å². The number of nitrogens with zero attached hydrogens (tertiary/aromatic N) is 2. The Balaban J connectivity index is 1.66. The van der Waals surface area contributed by atoms with Crippen LogP contribution in [0.3, 0.4) is 0 Å². The molecule has 0 spiro atoms. The summed E-state index contributed by atoms with van der Waals surface area (Å²) in [4.78, 5) is 30.4. The van der Waals surface area contributed by atoms with Crippen LogP contribution in [0, 0.1) is 0 Å². The van der Waals surface area contributed by atoms with E-state index < -0.39 is 0 Å². The van der Waals surface area contributed by atoms with Gasteiger partial charge in [0.25, 0.3) is 11.8 Å². The van der Waals surface area contributed by atoms with Crippen molar-refractivity contribution in [1.82, 2.24) is 4.90 Å². The van der Waals surface area contributed by atoms with Crippen molar-refractivity contribution in [2.45, 2.75) is 26.2 Å². The van der Waals surface area contributed by atoms with Gasteiger partial charge in [0, 0.05) is 23.1 Å². The van der Waals surface area contributed by atoms with E-state index in [9.17, 15) is 9.59 Å². The van der Waals surface area contributed by atoms with Crippen LogP contribution in [-0.2, 0) is 16.0 Å². The fourth-order valence-electron chi connectivity index (χ4n) is 3.69. The van der Waals surface area contributed by atoms with Crippen LogP contribution < -0.4 is 4.90 Å². The van der Waals surface area contributed by atoms with E-state index in [4.69, 9.17) is 12.2 Å². The van der Waals surface area contributed by atoms with Crippen LogP contribution in [-0.4, -0.2) is 34.1 Å². The topological polar surface area (TPSA) is 40.6 Å². The monoisotopic (exact) mass is 500 g/mol. The lowest BCUT2D eigenvalue weighted by molar-refractivity contribution is -0.122. The van der Waals surface area contributed by atoms with Crippen molar-refractivity contribution in [3.8, 4) is 0 Å². The molecule has 0 unspecified atom stereocenters. The second-order valence-electron chi connectivity index (χ2n) is 7.24. The standard InChI is InChI=1S/C23H21BrN2O2S2/c1-2-3-12-25-18-10-9-16(24)14-17(18)19(21(25)27)20-22(28)26(23(29)30-20)13-11-15-7-5-4-6-8-15/h4-10,14H,2-3,11-13H2,1H3/b20-19-. The molecule has 2 aliphatic heterocycles. The minimum atomic E-state index is -0.174. The van der Waals surface area contributed by atoms with Gasteiger partial charge in [-0.15, -0.1) is 0 Å². The van der Waals surface area contributed by atoms with Crippen LogP contribution in [0.1, 0.15) is 30.9 Å². The number of amides is 2. The fraction of sp³-hybridized carbons (Fsp3) is 0.261. The summed E-state index contributed by atoms with van der Waals surface area (Å²) >= 11 is 10.2. The van der Waals surface area contributed by atoms with Gasteiger partial charge in [-0.1, -0.05) is 83.6 Å². The third-order valence-electron chi connectivity index (χ3n) is 5.26. The van der Waals surface area contributed by atoms with Gasteiger partial charge >= 0.3 is 0 Å². The lowest BCUT2D eigenvalue weighted by Gasteiger charge is -2.16. The molecule has 2 aliphatic rings. The molecule has 0 aliphatic carbocycles. The molecule has 0 aromatic heterocycles. The number of fused-ring (bicyclic) bond motifs is 1. The zero-order valence-electron chi connectivity index (χ0n) is 16.6. The maximum Gasteiger partial charge on any atom is 0.267 e. The van der Waals surface area contributed by atoms with Crippen LogP contribution in [0.25, 0.3) is 5.57 Å². The van der Waals surface area contributed by atoms with Crippen molar-refractivity contribution in [2.75, 3.05) is 18.0 Å². The number of unbranched alkanes of at least 4 members (excludes halogenated alkanes) is 1. The van der Waals surface area contributed by atoms with Gasteiger partial charge in [-0.25, -0.2) is 0 Å². The number of thioether (sulfide) groups is 1. The smallest absolute Gasteiger partial charge is 0.267 e. The predicted molar refractivity (Wildman–Crippen MR) is 130 cm³/mol. The van der Waals surface area contributed by atoms with Gasteiger partial charge in [0.1, 0.15) is 4.32 Å². The van der Waals surface area contributed by atoms with Gasteiger partial charge in [0.15, 0.2) is 0 Å². The summed E-state index contributed by atoms with van der Waals surface area (Å²) in [6.07, 6.45) is 2.62. The molecule has 0 N–H and O–H groups in total. The van der Waals surface area contributed by atoms with Gasteiger partial charge in [0.2, 0.25) is 0 Å². The summed E-state index contributed by atoms with van der Waals surface area (Å²) < 4.78 is 1.39. The molecule has 2 aromatic rings. The largest absolute Gasteiger partial charge is 0.308 e. The number of carbonyl (C=O) groups is 2.